The Morgan fingerprint density at radius 3 is 2.79 bits per heavy atom. The molecule has 4 rings (SSSR count). The van der Waals surface area contributed by atoms with Gasteiger partial charge < -0.3 is 5.11 Å². The average molecular weight is 339 g/mol. The van der Waals surface area contributed by atoms with Crippen molar-refractivity contribution < 1.29 is 14.8 Å². The Bertz CT molecular complexity index is 1130. The summed E-state index contributed by atoms with van der Waals surface area (Å²) in [5, 5.41) is 20.7. The van der Waals surface area contributed by atoms with Crippen LogP contribution in [0.3, 0.4) is 0 Å². The summed E-state index contributed by atoms with van der Waals surface area (Å²) >= 11 is 1.17. The minimum atomic E-state index is -0.472. The molecule has 2 aromatic heterocycles. The summed E-state index contributed by atoms with van der Waals surface area (Å²) in [4.78, 5) is 28.2. The molecule has 0 aliphatic rings. The van der Waals surface area contributed by atoms with Crippen LogP contribution in [0.2, 0.25) is 0 Å². The molecule has 0 radical (unpaired) electrons. The maximum absolute atomic E-state index is 12.5. The van der Waals surface area contributed by atoms with Crippen molar-refractivity contribution in [2.45, 2.75) is 0 Å². The number of thiazole rings is 1. The Morgan fingerprint density at radius 1 is 1.25 bits per heavy atom. The number of carbonyl (C=O) groups excluding carboxylic acids is 1. The van der Waals surface area contributed by atoms with Crippen LogP contribution in [0.15, 0.2) is 48.7 Å². The van der Waals surface area contributed by atoms with Crippen LogP contribution in [0.5, 0.6) is 5.75 Å². The van der Waals surface area contributed by atoms with Crippen molar-refractivity contribution >= 4 is 38.8 Å². The quantitative estimate of drug-likeness (QED) is 0.350. The summed E-state index contributed by atoms with van der Waals surface area (Å²) in [6, 6.07) is 10.8. The summed E-state index contributed by atoms with van der Waals surface area (Å²) in [5.41, 5.74) is 1.38. The van der Waals surface area contributed by atoms with E-state index in [4.69, 9.17) is 0 Å². The fraction of sp³-hybridized carbons (Fsp3) is 0. The van der Waals surface area contributed by atoms with Crippen molar-refractivity contribution in [3.05, 3.63) is 69.2 Å². The lowest BCUT2D eigenvalue weighted by Gasteiger charge is -2.00. The molecule has 0 aliphatic heterocycles. The highest BCUT2D eigenvalue weighted by Gasteiger charge is 2.19. The first-order chi connectivity index (χ1) is 11.5. The van der Waals surface area contributed by atoms with Crippen molar-refractivity contribution in [1.82, 2.24) is 9.38 Å². The van der Waals surface area contributed by atoms with Crippen LogP contribution in [0.25, 0.3) is 16.0 Å². The van der Waals surface area contributed by atoms with E-state index in [-0.39, 0.29) is 22.8 Å². The lowest BCUT2D eigenvalue weighted by atomic mass is 10.1. The van der Waals surface area contributed by atoms with E-state index in [1.165, 1.54) is 29.5 Å². The van der Waals surface area contributed by atoms with Gasteiger partial charge in [0.05, 0.1) is 26.4 Å². The molecule has 0 spiro atoms. The monoisotopic (exact) mass is 339 g/mol. The first-order valence-electron chi connectivity index (χ1n) is 6.93. The number of para-hydroxylation sites is 1. The number of benzene rings is 2. The van der Waals surface area contributed by atoms with Crippen molar-refractivity contribution in [3.8, 4) is 5.75 Å². The number of non-ortho nitro benzene ring substituents is 1. The third kappa shape index (κ3) is 2.12. The van der Waals surface area contributed by atoms with Gasteiger partial charge in [0, 0.05) is 18.3 Å². The molecular weight excluding hydrogens is 330 g/mol. The van der Waals surface area contributed by atoms with Crippen LogP contribution >= 0.6 is 11.3 Å². The van der Waals surface area contributed by atoms with E-state index in [0.717, 1.165) is 0 Å². The third-order valence-corrected chi connectivity index (χ3v) is 4.65. The molecule has 8 heteroatoms. The minimum Gasteiger partial charge on any atom is -0.507 e. The molecule has 0 atom stereocenters. The number of rotatable bonds is 3. The molecule has 0 bridgehead atoms. The summed E-state index contributed by atoms with van der Waals surface area (Å²) < 4.78 is 1.72. The van der Waals surface area contributed by atoms with Gasteiger partial charge in [0.2, 0.25) is 5.78 Å². The van der Waals surface area contributed by atoms with Crippen molar-refractivity contribution in [2.24, 2.45) is 0 Å². The molecule has 1 N–H and O–H groups in total. The fourth-order valence-corrected chi connectivity index (χ4v) is 3.47. The standard InChI is InChI=1S/C16H9N3O4S/c20-13-4-2-1-3-10(13)15(21)14-8-18-12-6-5-9(19(22)23)7-11(12)17-16(18)24-14/h1-8,20H. The Hall–Kier alpha value is -3.26. The molecule has 0 aliphatic carbocycles. The Labute approximate surface area is 138 Å². The van der Waals surface area contributed by atoms with Gasteiger partial charge in [-0.3, -0.25) is 19.3 Å². The first kappa shape index (κ1) is 14.3. The zero-order valence-electron chi connectivity index (χ0n) is 12.0. The number of nitro groups is 1. The molecule has 2 aromatic carbocycles. The number of nitro benzene ring substituents is 1. The topological polar surface area (TPSA) is 97.7 Å². The van der Waals surface area contributed by atoms with Crippen LogP contribution in [0, 0.1) is 10.1 Å². The highest BCUT2D eigenvalue weighted by Crippen LogP contribution is 2.29. The molecule has 0 amide bonds. The Morgan fingerprint density at radius 2 is 2.04 bits per heavy atom. The second-order valence-corrected chi connectivity index (χ2v) is 6.15. The van der Waals surface area contributed by atoms with E-state index in [1.807, 2.05) is 0 Å². The molecule has 0 unspecified atom stereocenters. The van der Waals surface area contributed by atoms with E-state index in [9.17, 15) is 20.0 Å². The van der Waals surface area contributed by atoms with Crippen LogP contribution in [-0.2, 0) is 0 Å². The van der Waals surface area contributed by atoms with Crippen LogP contribution in [-0.4, -0.2) is 25.2 Å². The maximum atomic E-state index is 12.5. The number of carbonyl (C=O) groups is 1. The lowest BCUT2D eigenvalue weighted by molar-refractivity contribution is -0.384. The zero-order chi connectivity index (χ0) is 16.8. The minimum absolute atomic E-state index is 0.0289. The molecule has 24 heavy (non-hydrogen) atoms. The average Bonchev–Trinajstić information content (AvgIpc) is 3.11. The third-order valence-electron chi connectivity index (χ3n) is 3.67. The molecular formula is C16H9N3O4S. The van der Waals surface area contributed by atoms with Gasteiger partial charge in [-0.1, -0.05) is 23.5 Å². The van der Waals surface area contributed by atoms with E-state index in [1.54, 1.807) is 34.9 Å². The van der Waals surface area contributed by atoms with Gasteiger partial charge in [-0.15, -0.1) is 0 Å². The second-order valence-electron chi connectivity index (χ2n) is 5.14. The molecule has 4 aromatic rings. The SMILES string of the molecule is O=C(c1cn2c(nc3cc([N+](=O)[O-])ccc32)s1)c1ccccc1O. The first-order valence-corrected chi connectivity index (χ1v) is 7.75. The normalized spacial score (nSPS) is 11.2. The van der Waals surface area contributed by atoms with Crippen molar-refractivity contribution in [1.29, 1.82) is 0 Å². The van der Waals surface area contributed by atoms with Crippen LogP contribution in [0.1, 0.15) is 15.2 Å². The number of aromatic hydroxyl groups is 1. The van der Waals surface area contributed by atoms with E-state index >= 15 is 0 Å². The van der Waals surface area contributed by atoms with Gasteiger partial charge in [0.15, 0.2) is 4.96 Å². The number of phenols is 1. The predicted molar refractivity (Wildman–Crippen MR) is 88.8 cm³/mol. The number of phenolic OH excluding ortho intramolecular Hbond substituents is 1. The van der Waals surface area contributed by atoms with E-state index in [0.29, 0.717) is 20.9 Å². The van der Waals surface area contributed by atoms with Crippen molar-refractivity contribution in [3.63, 3.8) is 0 Å². The number of hydrogen-bond donors (Lipinski definition) is 1. The van der Waals surface area contributed by atoms with Crippen molar-refractivity contribution in [2.75, 3.05) is 0 Å². The van der Waals surface area contributed by atoms with Gasteiger partial charge in [-0.05, 0) is 18.2 Å². The fourth-order valence-electron chi connectivity index (χ4n) is 2.52. The molecule has 7 nitrogen and oxygen atoms in total. The largest absolute Gasteiger partial charge is 0.507 e. The smallest absolute Gasteiger partial charge is 0.271 e. The summed E-state index contributed by atoms with van der Waals surface area (Å²) in [5.74, 6) is -0.368. The number of fused-ring (bicyclic) bond motifs is 3. The summed E-state index contributed by atoms with van der Waals surface area (Å²) in [6.45, 7) is 0. The molecule has 0 saturated heterocycles. The van der Waals surface area contributed by atoms with Gasteiger partial charge in [0.1, 0.15) is 5.75 Å². The lowest BCUT2D eigenvalue weighted by Crippen LogP contribution is -1.98. The van der Waals surface area contributed by atoms with Crippen LogP contribution < -0.4 is 0 Å². The number of ketones is 1. The molecule has 118 valence electrons. The van der Waals surface area contributed by atoms with Crippen LogP contribution in [0.4, 0.5) is 5.69 Å². The van der Waals surface area contributed by atoms with Gasteiger partial charge in [-0.25, -0.2) is 4.98 Å². The zero-order valence-corrected chi connectivity index (χ0v) is 12.9. The molecule has 0 saturated carbocycles. The predicted octanol–water partition coefficient (Wildman–Crippen LogP) is 3.39. The number of hydrogen-bond acceptors (Lipinski definition) is 6. The Kier molecular flexibility index (Phi) is 3.07. The number of nitrogens with zero attached hydrogens (tertiary/aromatic N) is 3. The van der Waals surface area contributed by atoms with Gasteiger partial charge in [-0.2, -0.15) is 0 Å². The highest BCUT2D eigenvalue weighted by atomic mass is 32.1. The molecule has 0 fully saturated rings. The van der Waals surface area contributed by atoms with E-state index < -0.39 is 4.92 Å². The highest BCUT2D eigenvalue weighted by molar-refractivity contribution is 7.19. The van der Waals surface area contributed by atoms with Gasteiger partial charge >= 0.3 is 0 Å². The van der Waals surface area contributed by atoms with Gasteiger partial charge in [0.25, 0.3) is 5.69 Å². The summed E-state index contributed by atoms with van der Waals surface area (Å²) in [6.07, 6.45) is 1.63. The Balaban J connectivity index is 1.83. The molecule has 2 heterocycles. The number of imidazole rings is 1. The maximum Gasteiger partial charge on any atom is 0.271 e. The van der Waals surface area contributed by atoms with E-state index in [2.05, 4.69) is 4.98 Å². The summed E-state index contributed by atoms with van der Waals surface area (Å²) in [7, 11) is 0. The number of aromatic nitrogens is 2. The second kappa shape index (κ2) is 5.14.